The fourth-order valence-electron chi connectivity index (χ4n) is 0. The summed E-state index contributed by atoms with van der Waals surface area (Å²) in [7, 11) is 0. The molecule has 4 radical (unpaired) electrons. The summed E-state index contributed by atoms with van der Waals surface area (Å²) in [6.45, 7) is 0. The third kappa shape index (κ3) is 9.68. The quantitative estimate of drug-likeness (QED) is 0.342. The van der Waals surface area contributed by atoms with Crippen molar-refractivity contribution >= 4 is 33.2 Å². The van der Waals surface area contributed by atoms with E-state index in [-0.39, 0.29) is 58.1 Å². The van der Waals surface area contributed by atoms with Gasteiger partial charge in [0.15, 0.2) is 0 Å². The Balaban J connectivity index is 0. The summed E-state index contributed by atoms with van der Waals surface area (Å²) in [5.41, 5.74) is 0. The molecule has 0 saturated heterocycles. The van der Waals surface area contributed by atoms with Crippen LogP contribution in [0.5, 0.6) is 0 Å². The van der Waals surface area contributed by atoms with E-state index in [1.807, 2.05) is 0 Å². The maximum atomic E-state index is 0. The Labute approximate surface area is 58.0 Å². The van der Waals surface area contributed by atoms with Crippen LogP contribution in [0.15, 0.2) is 0 Å². The zero-order chi connectivity index (χ0) is 0. The molecule has 0 heterocycles. The predicted molar refractivity (Wildman–Crippen MR) is 15.1 cm³/mol. The molecule has 1 nitrogen and oxygen atoms in total. The van der Waals surface area contributed by atoms with Crippen molar-refractivity contribution in [2.75, 3.05) is 0 Å². The van der Waals surface area contributed by atoms with Crippen molar-refractivity contribution in [3.8, 4) is 0 Å². The monoisotopic (exact) mass is 115 g/mol. The first kappa shape index (κ1) is 48.9. The predicted octanol–water partition coefficient (Wildman–Crippen LogP) is -1.59. The largest absolute Gasteiger partial charge is 0.412 e. The van der Waals surface area contributed by atoms with Crippen LogP contribution in [0.3, 0.4) is 0 Å². The maximum Gasteiger partial charge on any atom is 0 e. The zero-order valence-electron chi connectivity index (χ0n) is 2.62. The van der Waals surface area contributed by atoms with Crippen molar-refractivity contribution in [3.05, 3.63) is 0 Å². The van der Waals surface area contributed by atoms with Gasteiger partial charge in [0.1, 0.15) is 0 Å². The molecule has 0 amide bonds. The van der Waals surface area contributed by atoms with Crippen molar-refractivity contribution in [3.63, 3.8) is 0 Å². The Bertz CT molecular complexity index is 8.00. The number of hydrogen-bond acceptors (Lipinski definition) is 0. The van der Waals surface area contributed by atoms with E-state index in [1.165, 1.54) is 0 Å². The van der Waals surface area contributed by atoms with E-state index in [9.17, 15) is 0 Å². The van der Waals surface area contributed by atoms with Gasteiger partial charge in [0.25, 0.3) is 0 Å². The molecule has 0 bridgehead atoms. The van der Waals surface area contributed by atoms with Crippen LogP contribution in [0.4, 0.5) is 0 Å². The van der Waals surface area contributed by atoms with Crippen molar-refractivity contribution in [1.29, 1.82) is 0 Å². The summed E-state index contributed by atoms with van der Waals surface area (Å²) in [5, 5.41) is 0. The second kappa shape index (κ2) is 24.3. The van der Waals surface area contributed by atoms with E-state index in [2.05, 4.69) is 0 Å². The van der Waals surface area contributed by atoms with Crippen LogP contribution in [0.25, 0.3) is 0 Å². The molecule has 0 fully saturated rings. The molecule has 0 aliphatic heterocycles. The van der Waals surface area contributed by atoms with Gasteiger partial charge in [-0.1, -0.05) is 0 Å². The van der Waals surface area contributed by atoms with E-state index in [0.29, 0.717) is 0 Å². The molecule has 4 heavy (non-hydrogen) atoms. The fraction of sp³-hybridized carbons (Fsp3) is 0. The summed E-state index contributed by atoms with van der Waals surface area (Å²) < 4.78 is 0. The van der Waals surface area contributed by atoms with Crippen molar-refractivity contribution in [2.45, 2.75) is 0 Å². The maximum absolute atomic E-state index is 0. The van der Waals surface area contributed by atoms with E-state index < -0.39 is 0 Å². The average molecular weight is 117 g/mol. The van der Waals surface area contributed by atoms with Gasteiger partial charge in [-0.3, -0.25) is 0 Å². The van der Waals surface area contributed by atoms with Crippen LogP contribution in [0.2, 0.25) is 0 Å². The SMILES string of the molecule is O.[Be].[Mg].[Zn]. The minimum absolute atomic E-state index is 0. The third-order valence-electron chi connectivity index (χ3n) is 0. The van der Waals surface area contributed by atoms with Gasteiger partial charge in [-0.2, -0.15) is 0 Å². The van der Waals surface area contributed by atoms with E-state index in [1.54, 1.807) is 0 Å². The van der Waals surface area contributed by atoms with Gasteiger partial charge in [-0.05, 0) is 0 Å². The van der Waals surface area contributed by atoms with Gasteiger partial charge < -0.3 is 5.48 Å². The topological polar surface area (TPSA) is 31.5 Å². The van der Waals surface area contributed by atoms with Gasteiger partial charge in [-0.15, -0.1) is 0 Å². The Morgan fingerprint density at radius 1 is 1.00 bits per heavy atom. The van der Waals surface area contributed by atoms with Crippen LogP contribution in [0.1, 0.15) is 0 Å². The molecule has 0 rings (SSSR count). The molecule has 0 aromatic rings. The summed E-state index contributed by atoms with van der Waals surface area (Å²) in [4.78, 5) is 0. The number of hydrogen-bond donors (Lipinski definition) is 0. The van der Waals surface area contributed by atoms with Crippen LogP contribution >= 0.6 is 0 Å². The van der Waals surface area contributed by atoms with E-state index in [4.69, 9.17) is 0 Å². The van der Waals surface area contributed by atoms with Crippen LogP contribution in [0, 0.1) is 0 Å². The Morgan fingerprint density at radius 3 is 1.00 bits per heavy atom. The molecule has 0 aromatic carbocycles. The standard InChI is InChI=1S/Be.Mg.H2O.Zn/h;;1H2;. The molecule has 0 aliphatic carbocycles. The molecule has 0 spiro atoms. The fourth-order valence-corrected chi connectivity index (χ4v) is 0. The van der Waals surface area contributed by atoms with Gasteiger partial charge in [0, 0.05) is 52.7 Å². The van der Waals surface area contributed by atoms with Crippen LogP contribution in [-0.4, -0.2) is 38.7 Å². The van der Waals surface area contributed by atoms with Gasteiger partial charge in [0.05, 0.1) is 0 Å². The Hall–Kier alpha value is 1.52. The third-order valence-corrected chi connectivity index (χ3v) is 0. The van der Waals surface area contributed by atoms with Crippen molar-refractivity contribution in [1.82, 2.24) is 0 Å². The van der Waals surface area contributed by atoms with Crippen LogP contribution < -0.4 is 0 Å². The number of rotatable bonds is 0. The minimum Gasteiger partial charge on any atom is -0.412 e. The summed E-state index contributed by atoms with van der Waals surface area (Å²) in [5.74, 6) is 0. The molecule has 2 N–H and O–H groups in total. The Morgan fingerprint density at radius 2 is 1.00 bits per heavy atom. The second-order valence-electron chi connectivity index (χ2n) is 0. The molecule has 0 aliphatic rings. The van der Waals surface area contributed by atoms with Gasteiger partial charge in [0.2, 0.25) is 0 Å². The first-order valence-corrected chi connectivity index (χ1v) is 0. The van der Waals surface area contributed by atoms with Crippen molar-refractivity contribution in [2.24, 2.45) is 0 Å². The smallest absolute Gasteiger partial charge is 0 e. The summed E-state index contributed by atoms with van der Waals surface area (Å²) in [6, 6.07) is 0. The first-order valence-electron chi connectivity index (χ1n) is 0. The molecule has 0 atom stereocenters. The summed E-state index contributed by atoms with van der Waals surface area (Å²) in [6.07, 6.45) is 0. The van der Waals surface area contributed by atoms with Gasteiger partial charge in [-0.25, -0.2) is 0 Å². The van der Waals surface area contributed by atoms with Crippen LogP contribution in [-0.2, 0) is 19.5 Å². The molecule has 0 unspecified atom stereocenters. The van der Waals surface area contributed by atoms with E-state index >= 15 is 0 Å². The molecule has 4 heteroatoms. The summed E-state index contributed by atoms with van der Waals surface area (Å²) >= 11 is 0. The molecule has 14 valence electrons. The second-order valence-corrected chi connectivity index (χ2v) is 0. The Kier molecular flexibility index (Phi) is 296. The average Bonchev–Trinajstić information content (AvgIpc) is 0. The van der Waals surface area contributed by atoms with E-state index in [0.717, 1.165) is 0 Å². The molecular formula is H2BeMgOZn. The normalized spacial score (nSPS) is 0. The molecule has 0 aromatic heterocycles. The molecule has 0 saturated carbocycles. The van der Waals surface area contributed by atoms with Gasteiger partial charge >= 0.3 is 0 Å². The zero-order valence-corrected chi connectivity index (χ0v) is 7.00. The molecular weight excluding hydrogens is 115 g/mol. The van der Waals surface area contributed by atoms with Crippen molar-refractivity contribution < 1.29 is 25.0 Å². The minimum atomic E-state index is 0. The first-order chi connectivity index (χ1) is 0.